The summed E-state index contributed by atoms with van der Waals surface area (Å²) in [5.41, 5.74) is 1.68. The second kappa shape index (κ2) is 11.1. The zero-order chi connectivity index (χ0) is 26.5. The molecule has 0 aliphatic rings. The van der Waals surface area contributed by atoms with Gasteiger partial charge in [0, 0.05) is 17.3 Å². The fourth-order valence-electron chi connectivity index (χ4n) is 4.06. The molecule has 7 heteroatoms. The summed E-state index contributed by atoms with van der Waals surface area (Å²) in [4.78, 5) is 29.7. The van der Waals surface area contributed by atoms with Crippen molar-refractivity contribution in [3.05, 3.63) is 53.7 Å². The van der Waals surface area contributed by atoms with Crippen molar-refractivity contribution >= 4 is 33.9 Å². The van der Waals surface area contributed by atoms with Crippen LogP contribution < -0.4 is 10.6 Å². The minimum Gasteiger partial charge on any atom is -0.444 e. The van der Waals surface area contributed by atoms with Gasteiger partial charge in [0.1, 0.15) is 11.2 Å². The van der Waals surface area contributed by atoms with Gasteiger partial charge in [-0.2, -0.15) is 0 Å². The van der Waals surface area contributed by atoms with Crippen molar-refractivity contribution in [3.63, 3.8) is 0 Å². The fourth-order valence-corrected chi connectivity index (χ4v) is 4.06. The van der Waals surface area contributed by atoms with Crippen LogP contribution in [0.1, 0.15) is 78.1 Å². The largest absolute Gasteiger partial charge is 0.444 e. The van der Waals surface area contributed by atoms with Gasteiger partial charge in [-0.3, -0.25) is 0 Å². The molecule has 0 unspecified atom stereocenters. The third kappa shape index (κ3) is 7.83. The Hall–Kier alpha value is -3.35. The molecular weight excluding hydrogens is 454 g/mol. The quantitative estimate of drug-likeness (QED) is 0.274. The highest BCUT2D eigenvalue weighted by Crippen LogP contribution is 2.32. The summed E-state index contributed by atoms with van der Waals surface area (Å²) in [7, 11) is 0. The summed E-state index contributed by atoms with van der Waals surface area (Å²) in [5.74, 6) is 0. The van der Waals surface area contributed by atoms with Gasteiger partial charge in [0.05, 0.1) is 17.3 Å². The first kappa shape index (κ1) is 27.2. The first-order valence-corrected chi connectivity index (χ1v) is 12.6. The van der Waals surface area contributed by atoms with Crippen LogP contribution in [-0.2, 0) is 9.47 Å². The van der Waals surface area contributed by atoms with Crippen LogP contribution in [0.15, 0.2) is 42.5 Å². The number of alkyl carbamates (subject to hydrolysis) is 2. The smallest absolute Gasteiger partial charge is 0.408 e. The highest BCUT2D eigenvalue weighted by atomic mass is 16.6. The molecule has 0 fully saturated rings. The number of nitrogens with one attached hydrogen (secondary N) is 2. The summed E-state index contributed by atoms with van der Waals surface area (Å²) in [6, 6.07) is 14.0. The summed E-state index contributed by atoms with van der Waals surface area (Å²) in [6.45, 7) is 13.6. The van der Waals surface area contributed by atoms with Crippen molar-refractivity contribution in [2.45, 2.75) is 85.0 Å². The van der Waals surface area contributed by atoms with Gasteiger partial charge in [0.2, 0.25) is 0 Å². The van der Waals surface area contributed by atoms with Crippen LogP contribution in [0.2, 0.25) is 0 Å². The van der Waals surface area contributed by atoms with E-state index >= 15 is 0 Å². The summed E-state index contributed by atoms with van der Waals surface area (Å²) >= 11 is 0. The Morgan fingerprint density at radius 2 is 1.53 bits per heavy atom. The van der Waals surface area contributed by atoms with Crippen molar-refractivity contribution < 1.29 is 19.1 Å². The summed E-state index contributed by atoms with van der Waals surface area (Å²) in [6.07, 6.45) is 1.23. The molecule has 0 saturated carbocycles. The topological polar surface area (TPSA) is 89.6 Å². The van der Waals surface area contributed by atoms with Crippen molar-refractivity contribution in [2.75, 3.05) is 6.54 Å². The zero-order valence-electron chi connectivity index (χ0n) is 22.5. The third-order valence-corrected chi connectivity index (χ3v) is 5.49. The number of ether oxygens (including phenoxy) is 2. The number of aryl methyl sites for hydroxylation is 1. The normalized spacial score (nSPS) is 12.9. The number of para-hydroxylation sites is 1. The van der Waals surface area contributed by atoms with Crippen LogP contribution in [0.25, 0.3) is 21.7 Å². The number of unbranched alkanes of at least 4 members (excludes halogenated alkanes) is 1. The van der Waals surface area contributed by atoms with Crippen LogP contribution in [0, 0.1) is 6.92 Å². The highest BCUT2D eigenvalue weighted by molar-refractivity contribution is 6.07. The Morgan fingerprint density at radius 1 is 0.861 bits per heavy atom. The molecule has 2 aromatic carbocycles. The van der Waals surface area contributed by atoms with E-state index in [0.29, 0.717) is 13.0 Å². The van der Waals surface area contributed by atoms with E-state index in [1.54, 1.807) is 0 Å². The Morgan fingerprint density at radius 3 is 2.22 bits per heavy atom. The number of hydrogen-bond acceptors (Lipinski definition) is 5. The van der Waals surface area contributed by atoms with Gasteiger partial charge in [-0.05, 0) is 85.2 Å². The van der Waals surface area contributed by atoms with E-state index in [-0.39, 0.29) is 6.04 Å². The number of carbonyl (C=O) groups is 2. The SMILES string of the molecule is Cc1ccc2c(c1)c([C@H](CCCCNC(=O)OC(C)(C)C)NC(=O)OC(C)(C)C)nc1ccccc12. The number of aromatic nitrogens is 1. The monoisotopic (exact) mass is 493 g/mol. The Bertz CT molecular complexity index is 1220. The molecule has 0 aliphatic carbocycles. The molecule has 3 rings (SSSR count). The molecule has 1 aromatic heterocycles. The number of benzene rings is 2. The molecule has 0 spiro atoms. The maximum absolute atomic E-state index is 12.8. The first-order chi connectivity index (χ1) is 16.8. The molecule has 2 amide bonds. The molecule has 7 nitrogen and oxygen atoms in total. The third-order valence-electron chi connectivity index (χ3n) is 5.49. The molecule has 2 N–H and O–H groups in total. The molecule has 0 aliphatic heterocycles. The van der Waals surface area contributed by atoms with Crippen LogP contribution in [0.4, 0.5) is 9.59 Å². The van der Waals surface area contributed by atoms with E-state index in [1.165, 1.54) is 0 Å². The predicted molar refractivity (Wildman–Crippen MR) is 144 cm³/mol. The van der Waals surface area contributed by atoms with E-state index in [0.717, 1.165) is 45.8 Å². The van der Waals surface area contributed by atoms with E-state index in [9.17, 15) is 9.59 Å². The molecule has 0 saturated heterocycles. The van der Waals surface area contributed by atoms with Crippen LogP contribution in [0.5, 0.6) is 0 Å². The number of hydrogen-bond donors (Lipinski definition) is 2. The molecule has 194 valence electrons. The van der Waals surface area contributed by atoms with E-state index < -0.39 is 23.4 Å². The van der Waals surface area contributed by atoms with E-state index in [4.69, 9.17) is 14.5 Å². The van der Waals surface area contributed by atoms with Crippen LogP contribution >= 0.6 is 0 Å². The molecule has 1 heterocycles. The fraction of sp³-hybridized carbons (Fsp3) is 0.483. The van der Waals surface area contributed by atoms with Crippen molar-refractivity contribution in [1.82, 2.24) is 15.6 Å². The highest BCUT2D eigenvalue weighted by Gasteiger charge is 2.24. The van der Waals surface area contributed by atoms with Gasteiger partial charge in [-0.1, -0.05) is 35.9 Å². The van der Waals surface area contributed by atoms with Crippen LogP contribution in [-0.4, -0.2) is 34.9 Å². The standard InChI is InChI=1S/C29H39N3O4/c1-19-15-16-20-21-12-8-9-13-23(21)31-25(22(20)18-19)24(32-27(34)36-29(5,6)7)14-10-11-17-30-26(33)35-28(2,3)4/h8-9,12-13,15-16,18,24H,10-11,14,17H2,1-7H3,(H,30,33)(H,32,34)/t24-/m0/s1. The molecule has 36 heavy (non-hydrogen) atoms. The maximum atomic E-state index is 12.8. The van der Waals surface area contributed by atoms with Gasteiger partial charge in [0.25, 0.3) is 0 Å². The number of amides is 2. The summed E-state index contributed by atoms with van der Waals surface area (Å²) in [5, 5.41) is 9.05. The number of pyridine rings is 1. The Labute approximate surface area is 214 Å². The average Bonchev–Trinajstić information content (AvgIpc) is 2.75. The Kier molecular flexibility index (Phi) is 8.43. The molecule has 3 aromatic rings. The lowest BCUT2D eigenvalue weighted by Crippen LogP contribution is -2.35. The van der Waals surface area contributed by atoms with Gasteiger partial charge < -0.3 is 20.1 Å². The number of nitrogens with zero attached hydrogens (tertiary/aromatic N) is 1. The van der Waals surface area contributed by atoms with Crippen molar-refractivity contribution in [2.24, 2.45) is 0 Å². The van der Waals surface area contributed by atoms with E-state index in [1.807, 2.05) is 59.7 Å². The van der Waals surface area contributed by atoms with Gasteiger partial charge in [-0.15, -0.1) is 0 Å². The zero-order valence-corrected chi connectivity index (χ0v) is 22.5. The summed E-state index contributed by atoms with van der Waals surface area (Å²) < 4.78 is 10.9. The second-order valence-corrected chi connectivity index (χ2v) is 11.2. The second-order valence-electron chi connectivity index (χ2n) is 11.2. The maximum Gasteiger partial charge on any atom is 0.408 e. The van der Waals surface area contributed by atoms with Crippen molar-refractivity contribution in [3.8, 4) is 0 Å². The van der Waals surface area contributed by atoms with Gasteiger partial charge >= 0.3 is 12.2 Å². The lowest BCUT2D eigenvalue weighted by atomic mass is 9.96. The van der Waals surface area contributed by atoms with Crippen LogP contribution in [0.3, 0.4) is 0 Å². The molecule has 1 atom stereocenters. The number of fused-ring (bicyclic) bond motifs is 3. The van der Waals surface area contributed by atoms with Gasteiger partial charge in [0.15, 0.2) is 0 Å². The van der Waals surface area contributed by atoms with Gasteiger partial charge in [-0.25, -0.2) is 14.6 Å². The lowest BCUT2D eigenvalue weighted by Gasteiger charge is -2.25. The molecule has 0 bridgehead atoms. The number of carbonyl (C=O) groups excluding carboxylic acids is 2. The molecule has 0 radical (unpaired) electrons. The lowest BCUT2D eigenvalue weighted by molar-refractivity contribution is 0.0498. The van der Waals surface area contributed by atoms with E-state index in [2.05, 4.69) is 41.8 Å². The molecular formula is C29H39N3O4. The minimum absolute atomic E-state index is 0.352. The Balaban J connectivity index is 1.85. The first-order valence-electron chi connectivity index (χ1n) is 12.6. The average molecular weight is 494 g/mol. The minimum atomic E-state index is -0.610. The number of rotatable bonds is 7. The van der Waals surface area contributed by atoms with Crippen molar-refractivity contribution in [1.29, 1.82) is 0 Å². The predicted octanol–water partition coefficient (Wildman–Crippen LogP) is 6.96.